The van der Waals surface area contributed by atoms with Crippen LogP contribution in [0.3, 0.4) is 0 Å². The third-order valence-electron chi connectivity index (χ3n) is 3.93. The van der Waals surface area contributed by atoms with Gasteiger partial charge in [-0.2, -0.15) is 0 Å². The molecule has 1 amide bonds. The van der Waals surface area contributed by atoms with Gasteiger partial charge in [0.15, 0.2) is 0 Å². The Hall–Kier alpha value is -1.39. The van der Waals surface area contributed by atoms with Gasteiger partial charge in [0.25, 0.3) is 0 Å². The quantitative estimate of drug-likeness (QED) is 0.888. The van der Waals surface area contributed by atoms with Crippen molar-refractivity contribution < 1.29 is 4.79 Å². The van der Waals surface area contributed by atoms with Gasteiger partial charge >= 0.3 is 0 Å². The zero-order valence-electron chi connectivity index (χ0n) is 12.6. The van der Waals surface area contributed by atoms with Crippen molar-refractivity contribution in [1.29, 1.82) is 0 Å². The molecular weight excluding hydrogens is 250 g/mol. The molecule has 1 aliphatic heterocycles. The van der Waals surface area contributed by atoms with Crippen molar-refractivity contribution in [3.05, 3.63) is 29.8 Å². The molecule has 2 atom stereocenters. The van der Waals surface area contributed by atoms with E-state index in [0.29, 0.717) is 12.1 Å². The summed E-state index contributed by atoms with van der Waals surface area (Å²) in [6.45, 7) is 6.91. The molecule has 1 aromatic carbocycles. The number of hydrazine groups is 1. The van der Waals surface area contributed by atoms with Gasteiger partial charge in [-0.1, -0.05) is 18.6 Å². The molecule has 4 heteroatoms. The molecule has 0 spiro atoms. The molecule has 2 unspecified atom stereocenters. The van der Waals surface area contributed by atoms with E-state index in [9.17, 15) is 4.79 Å². The Kier molecular flexibility index (Phi) is 5.15. The van der Waals surface area contributed by atoms with Gasteiger partial charge in [0, 0.05) is 31.2 Å². The van der Waals surface area contributed by atoms with Crippen LogP contribution in [0.1, 0.15) is 45.6 Å². The molecule has 4 nitrogen and oxygen atoms in total. The minimum Gasteiger partial charge on any atom is -0.326 e. The van der Waals surface area contributed by atoms with Crippen molar-refractivity contribution in [2.45, 2.75) is 58.7 Å². The van der Waals surface area contributed by atoms with E-state index in [1.54, 1.807) is 0 Å². The Bertz CT molecular complexity index is 434. The largest absolute Gasteiger partial charge is 0.326 e. The molecule has 2 N–H and O–H groups in total. The molecule has 1 heterocycles. The molecule has 0 radical (unpaired) electrons. The van der Waals surface area contributed by atoms with Gasteiger partial charge in [-0.25, -0.2) is 5.01 Å². The lowest BCUT2D eigenvalue weighted by Gasteiger charge is -2.39. The first-order chi connectivity index (χ1) is 9.56. The van der Waals surface area contributed by atoms with E-state index in [2.05, 4.69) is 41.7 Å². The Balaban J connectivity index is 1.88. The molecular formula is C16H25N3O. The Morgan fingerprint density at radius 1 is 1.20 bits per heavy atom. The van der Waals surface area contributed by atoms with Crippen molar-refractivity contribution in [3.8, 4) is 0 Å². The highest BCUT2D eigenvalue weighted by Crippen LogP contribution is 2.20. The summed E-state index contributed by atoms with van der Waals surface area (Å²) in [6, 6.07) is 9.19. The van der Waals surface area contributed by atoms with Gasteiger partial charge in [-0.15, -0.1) is 0 Å². The summed E-state index contributed by atoms with van der Waals surface area (Å²) in [7, 11) is 0. The predicted octanol–water partition coefficient (Wildman–Crippen LogP) is 2.91. The van der Waals surface area contributed by atoms with Gasteiger partial charge in [-0.05, 0) is 44.4 Å². The van der Waals surface area contributed by atoms with Crippen molar-refractivity contribution in [2.24, 2.45) is 0 Å². The lowest BCUT2D eigenvalue weighted by molar-refractivity contribution is -0.114. The van der Waals surface area contributed by atoms with E-state index in [1.165, 1.54) is 31.7 Å². The number of anilines is 1. The normalized spacial score (nSPS) is 23.6. The third-order valence-corrected chi connectivity index (χ3v) is 3.93. The molecule has 1 aliphatic rings. The molecule has 1 aromatic rings. The van der Waals surface area contributed by atoms with Crippen molar-refractivity contribution in [2.75, 3.05) is 5.32 Å². The maximum absolute atomic E-state index is 11.0. The predicted molar refractivity (Wildman–Crippen MR) is 82.2 cm³/mol. The van der Waals surface area contributed by atoms with Crippen molar-refractivity contribution in [1.82, 2.24) is 10.4 Å². The molecule has 0 bridgehead atoms. The second-order valence-corrected chi connectivity index (χ2v) is 5.75. The maximum atomic E-state index is 11.0. The van der Waals surface area contributed by atoms with Crippen LogP contribution in [0.15, 0.2) is 24.3 Å². The third kappa shape index (κ3) is 4.05. The van der Waals surface area contributed by atoms with Crippen LogP contribution in [0.25, 0.3) is 0 Å². The van der Waals surface area contributed by atoms with Crippen molar-refractivity contribution >= 4 is 11.6 Å². The van der Waals surface area contributed by atoms with Crippen LogP contribution < -0.4 is 10.7 Å². The number of carbonyl (C=O) groups excluding carboxylic acids is 1. The second-order valence-electron chi connectivity index (χ2n) is 5.75. The van der Waals surface area contributed by atoms with E-state index in [-0.39, 0.29) is 5.91 Å². The highest BCUT2D eigenvalue weighted by atomic mass is 16.1. The highest BCUT2D eigenvalue weighted by molar-refractivity contribution is 5.88. The monoisotopic (exact) mass is 275 g/mol. The van der Waals surface area contributed by atoms with E-state index >= 15 is 0 Å². The van der Waals surface area contributed by atoms with Crippen molar-refractivity contribution in [3.63, 3.8) is 0 Å². The second kappa shape index (κ2) is 6.86. The minimum absolute atomic E-state index is 0.0353. The van der Waals surface area contributed by atoms with Crippen LogP contribution in [0.2, 0.25) is 0 Å². The molecule has 1 saturated heterocycles. The zero-order valence-corrected chi connectivity index (χ0v) is 12.6. The molecule has 1 fully saturated rings. The zero-order chi connectivity index (χ0) is 14.5. The SMILES string of the molecule is CC(=O)Nc1ccc(CNN2C(C)CCCC2C)cc1. The summed E-state index contributed by atoms with van der Waals surface area (Å²) in [5.74, 6) is -0.0353. The first-order valence-electron chi connectivity index (χ1n) is 7.44. The fourth-order valence-electron chi connectivity index (χ4n) is 2.82. The number of benzene rings is 1. The van der Waals surface area contributed by atoms with Crippen LogP contribution in [0.4, 0.5) is 5.69 Å². The Morgan fingerprint density at radius 3 is 2.35 bits per heavy atom. The topological polar surface area (TPSA) is 44.4 Å². The van der Waals surface area contributed by atoms with Gasteiger partial charge in [0.1, 0.15) is 0 Å². The lowest BCUT2D eigenvalue weighted by atomic mass is 10.00. The van der Waals surface area contributed by atoms with E-state index < -0.39 is 0 Å². The van der Waals surface area contributed by atoms with Crippen LogP contribution in [0, 0.1) is 0 Å². The molecule has 0 aliphatic carbocycles. The first kappa shape index (κ1) is 15.0. The standard InChI is InChI=1S/C16H25N3O/c1-12-5-4-6-13(2)19(12)17-11-15-7-9-16(10-8-15)18-14(3)20/h7-10,12-13,17H,4-6,11H2,1-3H3,(H,18,20). The summed E-state index contributed by atoms with van der Waals surface area (Å²) in [5, 5.41) is 5.16. The number of piperidine rings is 1. The molecule has 110 valence electrons. The number of rotatable bonds is 4. The maximum Gasteiger partial charge on any atom is 0.221 e. The fourth-order valence-corrected chi connectivity index (χ4v) is 2.82. The van der Waals surface area contributed by atoms with Gasteiger partial charge in [-0.3, -0.25) is 10.2 Å². The van der Waals surface area contributed by atoms with Gasteiger partial charge < -0.3 is 5.32 Å². The van der Waals surface area contributed by atoms with Crippen LogP contribution in [-0.2, 0) is 11.3 Å². The number of amides is 1. The van der Waals surface area contributed by atoms with Crippen LogP contribution in [-0.4, -0.2) is 23.0 Å². The molecule has 0 aromatic heterocycles. The van der Waals surface area contributed by atoms with E-state index in [4.69, 9.17) is 0 Å². The van der Waals surface area contributed by atoms with E-state index in [0.717, 1.165) is 12.2 Å². The Labute approximate surface area is 121 Å². The summed E-state index contributed by atoms with van der Waals surface area (Å²) in [4.78, 5) is 11.0. The number of hydrogen-bond donors (Lipinski definition) is 2. The summed E-state index contributed by atoms with van der Waals surface area (Å²) in [5.41, 5.74) is 5.62. The Morgan fingerprint density at radius 2 is 1.80 bits per heavy atom. The average molecular weight is 275 g/mol. The number of carbonyl (C=O) groups is 1. The summed E-state index contributed by atoms with van der Waals surface area (Å²) < 4.78 is 0. The first-order valence-corrected chi connectivity index (χ1v) is 7.44. The molecule has 2 rings (SSSR count). The van der Waals surface area contributed by atoms with Crippen LogP contribution >= 0.6 is 0 Å². The molecule has 0 saturated carbocycles. The van der Waals surface area contributed by atoms with Gasteiger partial charge in [0.2, 0.25) is 5.91 Å². The van der Waals surface area contributed by atoms with Crippen LogP contribution in [0.5, 0.6) is 0 Å². The average Bonchev–Trinajstić information content (AvgIpc) is 2.39. The highest BCUT2D eigenvalue weighted by Gasteiger charge is 2.23. The molecule has 20 heavy (non-hydrogen) atoms. The lowest BCUT2D eigenvalue weighted by Crippen LogP contribution is -2.51. The summed E-state index contributed by atoms with van der Waals surface area (Å²) in [6.07, 6.45) is 3.85. The number of nitrogens with zero attached hydrogens (tertiary/aromatic N) is 1. The minimum atomic E-state index is -0.0353. The smallest absolute Gasteiger partial charge is 0.221 e. The number of hydrogen-bond acceptors (Lipinski definition) is 3. The summed E-state index contributed by atoms with van der Waals surface area (Å²) >= 11 is 0. The van der Waals surface area contributed by atoms with Gasteiger partial charge in [0.05, 0.1) is 0 Å². The van der Waals surface area contributed by atoms with E-state index in [1.807, 2.05) is 12.1 Å². The number of nitrogens with one attached hydrogen (secondary N) is 2. The fraction of sp³-hybridized carbons (Fsp3) is 0.562.